The second kappa shape index (κ2) is 4.77. The first-order valence-corrected chi connectivity index (χ1v) is 7.26. The zero-order valence-corrected chi connectivity index (χ0v) is 13.0. The number of halogens is 1. The summed E-state index contributed by atoms with van der Waals surface area (Å²) in [6.45, 7) is 3.19. The molecule has 120 valence electrons. The first-order chi connectivity index (χ1) is 11.3. The highest BCUT2D eigenvalue weighted by Gasteiger charge is 2.78. The van der Waals surface area contributed by atoms with Crippen LogP contribution in [0, 0.1) is 62.0 Å². The van der Waals surface area contributed by atoms with E-state index in [9.17, 15) is 20.2 Å². The molecule has 0 aliphatic carbocycles. The van der Waals surface area contributed by atoms with Crippen LogP contribution < -0.4 is 0 Å². The van der Waals surface area contributed by atoms with Crippen molar-refractivity contribution in [3.63, 3.8) is 0 Å². The molecule has 1 N–H and O–H groups in total. The Kier molecular flexibility index (Phi) is 3.17. The summed E-state index contributed by atoms with van der Waals surface area (Å²) in [6, 6.07) is 11.0. The van der Waals surface area contributed by atoms with Crippen molar-refractivity contribution in [2.24, 2.45) is 16.7 Å². The topological polar surface area (TPSA) is 114 Å². The van der Waals surface area contributed by atoms with Crippen molar-refractivity contribution in [2.75, 3.05) is 0 Å². The summed E-state index contributed by atoms with van der Waals surface area (Å²) < 4.78 is 24.6. The fourth-order valence-electron chi connectivity index (χ4n) is 3.65. The molecule has 0 spiro atoms. The minimum atomic E-state index is -1.99. The van der Waals surface area contributed by atoms with Gasteiger partial charge in [0, 0.05) is 6.92 Å². The van der Waals surface area contributed by atoms with Gasteiger partial charge in [-0.05, 0) is 17.7 Å². The molecule has 0 amide bonds. The Bertz CT molecular complexity index is 833. The number of nitrogens with zero attached hydrogens (tertiary/aromatic N) is 3. The van der Waals surface area contributed by atoms with Crippen LogP contribution in [-0.2, 0) is 9.47 Å². The predicted octanol–water partition coefficient (Wildman–Crippen LogP) is 2.80. The second-order valence-corrected chi connectivity index (χ2v) is 6.17. The maximum absolute atomic E-state index is 13.2. The molecule has 0 unspecified atom stereocenters. The van der Waals surface area contributed by atoms with Crippen LogP contribution in [0.1, 0.15) is 25.5 Å². The fraction of sp³-hybridized carbons (Fsp3) is 0.412. The predicted molar refractivity (Wildman–Crippen MR) is 78.3 cm³/mol. The summed E-state index contributed by atoms with van der Waals surface area (Å²) >= 11 is 0. The largest absolute Gasteiger partial charge is 0.448 e. The average molecular weight is 324 g/mol. The number of ether oxygens (including phenoxy) is 2. The van der Waals surface area contributed by atoms with Gasteiger partial charge in [0.2, 0.25) is 17.1 Å². The van der Waals surface area contributed by atoms with Gasteiger partial charge in [-0.2, -0.15) is 15.8 Å². The van der Waals surface area contributed by atoms with E-state index in [0.717, 1.165) is 0 Å². The van der Waals surface area contributed by atoms with E-state index in [-0.39, 0.29) is 0 Å². The average Bonchev–Trinajstić information content (AvgIpc) is 2.71. The summed E-state index contributed by atoms with van der Waals surface area (Å²) in [7, 11) is 0. The Morgan fingerprint density at radius 3 is 2.21 bits per heavy atom. The van der Waals surface area contributed by atoms with E-state index in [2.05, 4.69) is 0 Å². The number of nitriles is 3. The van der Waals surface area contributed by atoms with Crippen molar-refractivity contribution in [2.45, 2.75) is 25.7 Å². The zero-order chi connectivity index (χ0) is 17.8. The van der Waals surface area contributed by atoms with Crippen LogP contribution in [0.25, 0.3) is 0 Å². The van der Waals surface area contributed by atoms with Gasteiger partial charge in [0.1, 0.15) is 11.9 Å². The molecule has 1 aromatic carbocycles. The third kappa shape index (κ3) is 1.56. The van der Waals surface area contributed by atoms with E-state index in [1.54, 1.807) is 13.8 Å². The standard InChI is InChI=1S/C17H13FN4O2/c1-10-15(2)23-13(11-3-5-12(18)6-4-11)16(7-19,8-20)17(10,9-21)14(22)24-15/h3-6,10,13,22H,1-2H3/t10-,13-,15-,17+/m1/s1. The SMILES string of the molecule is C[C@@H]1[C@@]2(C)OC(=N)[C@@]1(C#N)C(C#N)(C#N)[C@@H](c1ccc(F)cc1)O2. The lowest BCUT2D eigenvalue weighted by atomic mass is 9.54. The van der Waals surface area contributed by atoms with E-state index < -0.39 is 40.4 Å². The van der Waals surface area contributed by atoms with Crippen molar-refractivity contribution < 1.29 is 13.9 Å². The Morgan fingerprint density at radius 2 is 1.71 bits per heavy atom. The normalized spacial score (nSPS) is 36.1. The quantitative estimate of drug-likeness (QED) is 0.853. The van der Waals surface area contributed by atoms with Crippen molar-refractivity contribution in [1.82, 2.24) is 0 Å². The summed E-state index contributed by atoms with van der Waals surface area (Å²) in [5, 5.41) is 37.7. The summed E-state index contributed by atoms with van der Waals surface area (Å²) in [6.07, 6.45) is -1.16. The Morgan fingerprint density at radius 1 is 1.12 bits per heavy atom. The molecule has 2 saturated heterocycles. The van der Waals surface area contributed by atoms with Gasteiger partial charge < -0.3 is 9.47 Å². The molecule has 2 heterocycles. The van der Waals surface area contributed by atoms with Crippen LogP contribution in [0.2, 0.25) is 0 Å². The van der Waals surface area contributed by atoms with Crippen LogP contribution in [0.15, 0.2) is 24.3 Å². The molecule has 2 aliphatic heterocycles. The summed E-state index contributed by atoms with van der Waals surface area (Å²) in [5.41, 5.74) is -3.40. The lowest BCUT2D eigenvalue weighted by Gasteiger charge is -2.47. The van der Waals surface area contributed by atoms with E-state index in [1.165, 1.54) is 24.3 Å². The van der Waals surface area contributed by atoms with E-state index in [0.29, 0.717) is 5.56 Å². The molecule has 0 saturated carbocycles. The number of hydrogen-bond donors (Lipinski definition) is 1. The third-order valence-corrected chi connectivity index (χ3v) is 5.17. The van der Waals surface area contributed by atoms with Gasteiger partial charge in [-0.3, -0.25) is 5.41 Å². The second-order valence-electron chi connectivity index (χ2n) is 6.17. The van der Waals surface area contributed by atoms with Crippen LogP contribution in [0.3, 0.4) is 0 Å². The Hall–Kier alpha value is -2.95. The smallest absolute Gasteiger partial charge is 0.214 e. The van der Waals surface area contributed by atoms with E-state index >= 15 is 0 Å². The van der Waals surface area contributed by atoms with Gasteiger partial charge >= 0.3 is 0 Å². The van der Waals surface area contributed by atoms with Crippen molar-refractivity contribution >= 4 is 5.90 Å². The third-order valence-electron chi connectivity index (χ3n) is 5.17. The molecule has 0 radical (unpaired) electrons. The molecule has 0 aromatic heterocycles. The van der Waals surface area contributed by atoms with Crippen molar-refractivity contribution in [3.05, 3.63) is 35.6 Å². The number of fused-ring (bicyclic) bond motifs is 2. The van der Waals surface area contributed by atoms with Gasteiger partial charge in [0.25, 0.3) is 0 Å². The van der Waals surface area contributed by atoms with Gasteiger partial charge in [-0.15, -0.1) is 0 Å². The van der Waals surface area contributed by atoms with Crippen LogP contribution >= 0.6 is 0 Å². The van der Waals surface area contributed by atoms with Gasteiger partial charge in [0.15, 0.2) is 5.41 Å². The molecule has 2 aliphatic rings. The highest BCUT2D eigenvalue weighted by atomic mass is 19.1. The number of rotatable bonds is 1. The minimum absolute atomic E-state index is 0.371. The van der Waals surface area contributed by atoms with Crippen LogP contribution in [-0.4, -0.2) is 11.7 Å². The molecular formula is C17H13FN4O2. The monoisotopic (exact) mass is 324 g/mol. The summed E-state index contributed by atoms with van der Waals surface area (Å²) in [4.78, 5) is 0. The fourth-order valence-corrected chi connectivity index (χ4v) is 3.65. The molecule has 6 nitrogen and oxygen atoms in total. The van der Waals surface area contributed by atoms with E-state index in [1.807, 2.05) is 18.2 Å². The molecule has 24 heavy (non-hydrogen) atoms. The van der Waals surface area contributed by atoms with Gasteiger partial charge in [-0.25, -0.2) is 4.39 Å². The Balaban J connectivity index is 2.31. The Labute approximate surface area is 138 Å². The first kappa shape index (κ1) is 15.9. The molecule has 1 aromatic rings. The first-order valence-electron chi connectivity index (χ1n) is 7.26. The molecule has 3 rings (SSSR count). The maximum atomic E-state index is 13.2. The molecule has 2 bridgehead atoms. The van der Waals surface area contributed by atoms with Gasteiger partial charge in [0.05, 0.1) is 24.1 Å². The highest BCUT2D eigenvalue weighted by molar-refractivity contribution is 5.89. The zero-order valence-electron chi connectivity index (χ0n) is 13.0. The lowest BCUT2D eigenvalue weighted by Crippen LogP contribution is -2.57. The molecular weight excluding hydrogens is 311 g/mol. The maximum Gasteiger partial charge on any atom is 0.214 e. The van der Waals surface area contributed by atoms with Crippen molar-refractivity contribution in [1.29, 1.82) is 21.2 Å². The van der Waals surface area contributed by atoms with Crippen LogP contribution in [0.5, 0.6) is 0 Å². The highest BCUT2D eigenvalue weighted by Crippen LogP contribution is 2.66. The van der Waals surface area contributed by atoms with Crippen molar-refractivity contribution in [3.8, 4) is 18.2 Å². The van der Waals surface area contributed by atoms with Gasteiger partial charge in [-0.1, -0.05) is 19.1 Å². The lowest BCUT2D eigenvalue weighted by molar-refractivity contribution is -0.268. The van der Waals surface area contributed by atoms with E-state index in [4.69, 9.17) is 14.9 Å². The minimum Gasteiger partial charge on any atom is -0.448 e. The molecule has 4 atom stereocenters. The summed E-state index contributed by atoms with van der Waals surface area (Å²) in [5.74, 6) is -2.97. The molecule has 7 heteroatoms. The number of benzene rings is 1. The number of nitrogens with one attached hydrogen (secondary N) is 1. The van der Waals surface area contributed by atoms with Crippen LogP contribution in [0.4, 0.5) is 4.39 Å². The molecule has 2 fully saturated rings. The number of hydrogen-bond acceptors (Lipinski definition) is 6.